The molecular formula is C9H19N3OS. The van der Waals surface area contributed by atoms with Crippen LogP contribution in [0.1, 0.15) is 20.8 Å². The zero-order chi connectivity index (χ0) is 10.8. The number of nitrogens with zero attached hydrogens (tertiary/aromatic N) is 2. The third kappa shape index (κ3) is 3.65. The molecule has 1 aliphatic heterocycles. The van der Waals surface area contributed by atoms with Crippen molar-refractivity contribution in [1.82, 2.24) is 4.90 Å². The van der Waals surface area contributed by atoms with E-state index in [2.05, 4.69) is 4.99 Å². The van der Waals surface area contributed by atoms with E-state index in [4.69, 9.17) is 5.73 Å². The molecule has 0 atom stereocenters. The van der Waals surface area contributed by atoms with Crippen molar-refractivity contribution in [3.63, 3.8) is 0 Å². The van der Waals surface area contributed by atoms with E-state index >= 15 is 0 Å². The Bertz CT molecular complexity index is 247. The minimum atomic E-state index is -0.653. The summed E-state index contributed by atoms with van der Waals surface area (Å²) in [7, 11) is -0.653. The summed E-state index contributed by atoms with van der Waals surface area (Å²) in [5, 5.41) is 0. The lowest BCUT2D eigenvalue weighted by Crippen LogP contribution is -2.46. The molecule has 0 aromatic carbocycles. The molecule has 0 radical (unpaired) electrons. The SMILES string of the molecule is CC(C)(C)N=C(N)N1CCS(=O)CC1. The summed E-state index contributed by atoms with van der Waals surface area (Å²) in [5.41, 5.74) is 5.72. The lowest BCUT2D eigenvalue weighted by Gasteiger charge is -2.28. The van der Waals surface area contributed by atoms with Crippen molar-refractivity contribution >= 4 is 16.8 Å². The smallest absolute Gasteiger partial charge is 0.191 e. The third-order valence-electron chi connectivity index (χ3n) is 1.95. The molecule has 0 aliphatic carbocycles. The van der Waals surface area contributed by atoms with Crippen molar-refractivity contribution < 1.29 is 4.21 Å². The fraction of sp³-hybridized carbons (Fsp3) is 0.889. The molecular weight excluding hydrogens is 198 g/mol. The van der Waals surface area contributed by atoms with E-state index in [1.165, 1.54) is 0 Å². The summed E-state index contributed by atoms with van der Waals surface area (Å²) in [4.78, 5) is 6.39. The highest BCUT2D eigenvalue weighted by molar-refractivity contribution is 7.85. The molecule has 1 saturated heterocycles. The second-order valence-electron chi connectivity index (χ2n) is 4.48. The van der Waals surface area contributed by atoms with Gasteiger partial charge in [-0.1, -0.05) is 0 Å². The van der Waals surface area contributed by atoms with Crippen LogP contribution in [-0.2, 0) is 10.8 Å². The Kier molecular flexibility index (Phi) is 3.53. The first kappa shape index (κ1) is 11.5. The van der Waals surface area contributed by atoms with Gasteiger partial charge in [0.15, 0.2) is 5.96 Å². The molecule has 0 saturated carbocycles. The van der Waals surface area contributed by atoms with E-state index in [9.17, 15) is 4.21 Å². The Labute approximate surface area is 88.0 Å². The van der Waals surface area contributed by atoms with Crippen LogP contribution in [0.15, 0.2) is 4.99 Å². The Morgan fingerprint density at radius 1 is 1.36 bits per heavy atom. The predicted octanol–water partition coefficient (Wildman–Crippen LogP) is 0.164. The Morgan fingerprint density at radius 3 is 2.29 bits per heavy atom. The van der Waals surface area contributed by atoms with Gasteiger partial charge in [-0.05, 0) is 20.8 Å². The van der Waals surface area contributed by atoms with Crippen molar-refractivity contribution in [2.45, 2.75) is 26.3 Å². The standard InChI is InChI=1S/C9H19N3OS/c1-9(2,3)11-8(10)12-4-6-14(13)7-5-12/h4-7H2,1-3H3,(H2,10,11). The molecule has 0 aromatic heterocycles. The second kappa shape index (κ2) is 4.29. The van der Waals surface area contributed by atoms with Gasteiger partial charge in [-0.25, -0.2) is 4.99 Å². The monoisotopic (exact) mass is 217 g/mol. The molecule has 0 amide bonds. The van der Waals surface area contributed by atoms with E-state index < -0.39 is 10.8 Å². The molecule has 0 bridgehead atoms. The van der Waals surface area contributed by atoms with Gasteiger partial charge in [-0.2, -0.15) is 0 Å². The minimum absolute atomic E-state index is 0.138. The normalized spacial score (nSPS) is 21.4. The van der Waals surface area contributed by atoms with Crippen LogP contribution in [0.5, 0.6) is 0 Å². The Morgan fingerprint density at radius 2 is 1.86 bits per heavy atom. The van der Waals surface area contributed by atoms with Gasteiger partial charge in [0.25, 0.3) is 0 Å². The largest absolute Gasteiger partial charge is 0.370 e. The molecule has 4 nitrogen and oxygen atoms in total. The highest BCUT2D eigenvalue weighted by atomic mass is 32.2. The van der Waals surface area contributed by atoms with Gasteiger partial charge in [-0.3, -0.25) is 4.21 Å². The van der Waals surface area contributed by atoms with Crippen molar-refractivity contribution in [2.24, 2.45) is 10.7 Å². The average molecular weight is 217 g/mol. The van der Waals surface area contributed by atoms with Crippen molar-refractivity contribution in [2.75, 3.05) is 24.6 Å². The van der Waals surface area contributed by atoms with Crippen LogP contribution in [0, 0.1) is 0 Å². The van der Waals surface area contributed by atoms with Crippen molar-refractivity contribution in [3.8, 4) is 0 Å². The molecule has 14 heavy (non-hydrogen) atoms. The van der Waals surface area contributed by atoms with Gasteiger partial charge in [0.2, 0.25) is 0 Å². The molecule has 1 fully saturated rings. The van der Waals surface area contributed by atoms with E-state index in [1.54, 1.807) is 0 Å². The molecule has 82 valence electrons. The van der Waals surface area contributed by atoms with Crippen LogP contribution in [0.3, 0.4) is 0 Å². The van der Waals surface area contributed by atoms with Crippen LogP contribution in [0.4, 0.5) is 0 Å². The Hall–Kier alpha value is -0.580. The zero-order valence-electron chi connectivity index (χ0n) is 9.12. The summed E-state index contributed by atoms with van der Waals surface area (Å²) < 4.78 is 11.1. The maximum Gasteiger partial charge on any atom is 0.191 e. The number of hydrogen-bond acceptors (Lipinski definition) is 2. The van der Waals surface area contributed by atoms with Crippen LogP contribution >= 0.6 is 0 Å². The van der Waals surface area contributed by atoms with E-state index in [0.29, 0.717) is 17.5 Å². The van der Waals surface area contributed by atoms with E-state index in [1.807, 2.05) is 25.7 Å². The summed E-state index contributed by atoms with van der Waals surface area (Å²) in [6.07, 6.45) is 0. The Balaban J connectivity index is 2.57. The number of rotatable bonds is 0. The number of nitrogens with two attached hydrogens (primary N) is 1. The number of aliphatic imine (C=N–C) groups is 1. The maximum atomic E-state index is 11.1. The van der Waals surface area contributed by atoms with Crippen LogP contribution in [0.25, 0.3) is 0 Å². The maximum absolute atomic E-state index is 11.1. The van der Waals surface area contributed by atoms with Gasteiger partial charge >= 0.3 is 0 Å². The lowest BCUT2D eigenvalue weighted by molar-refractivity contribution is 0.438. The van der Waals surface area contributed by atoms with Crippen LogP contribution < -0.4 is 5.73 Å². The van der Waals surface area contributed by atoms with E-state index in [0.717, 1.165) is 13.1 Å². The number of hydrogen-bond donors (Lipinski definition) is 1. The van der Waals surface area contributed by atoms with Gasteiger partial charge in [-0.15, -0.1) is 0 Å². The van der Waals surface area contributed by atoms with Crippen LogP contribution in [0.2, 0.25) is 0 Å². The summed E-state index contributed by atoms with van der Waals surface area (Å²) in [6.45, 7) is 7.57. The first-order valence-electron chi connectivity index (χ1n) is 4.84. The fourth-order valence-corrected chi connectivity index (χ4v) is 2.33. The predicted molar refractivity (Wildman–Crippen MR) is 60.8 cm³/mol. The molecule has 0 unspecified atom stereocenters. The quantitative estimate of drug-likeness (QED) is 0.464. The van der Waals surface area contributed by atoms with Crippen molar-refractivity contribution in [1.29, 1.82) is 0 Å². The lowest BCUT2D eigenvalue weighted by atomic mass is 10.1. The molecule has 2 N–H and O–H groups in total. The zero-order valence-corrected chi connectivity index (χ0v) is 9.93. The summed E-state index contributed by atoms with van der Waals surface area (Å²) in [6, 6.07) is 0. The molecule has 1 heterocycles. The summed E-state index contributed by atoms with van der Waals surface area (Å²) in [5.74, 6) is 2.00. The average Bonchev–Trinajstić information content (AvgIpc) is 2.02. The first-order valence-corrected chi connectivity index (χ1v) is 6.32. The molecule has 0 spiro atoms. The van der Waals surface area contributed by atoms with Crippen molar-refractivity contribution in [3.05, 3.63) is 0 Å². The topological polar surface area (TPSA) is 58.7 Å². The molecule has 1 aliphatic rings. The van der Waals surface area contributed by atoms with Gasteiger partial charge < -0.3 is 10.6 Å². The second-order valence-corrected chi connectivity index (χ2v) is 6.17. The summed E-state index contributed by atoms with van der Waals surface area (Å²) >= 11 is 0. The minimum Gasteiger partial charge on any atom is -0.370 e. The highest BCUT2D eigenvalue weighted by Gasteiger charge is 2.18. The molecule has 5 heteroatoms. The number of guanidine groups is 1. The third-order valence-corrected chi connectivity index (χ3v) is 3.23. The highest BCUT2D eigenvalue weighted by Crippen LogP contribution is 2.08. The van der Waals surface area contributed by atoms with E-state index in [-0.39, 0.29) is 5.54 Å². The van der Waals surface area contributed by atoms with Gasteiger partial charge in [0, 0.05) is 35.4 Å². The van der Waals surface area contributed by atoms with Gasteiger partial charge in [0.1, 0.15) is 0 Å². The molecule has 1 rings (SSSR count). The van der Waals surface area contributed by atoms with Gasteiger partial charge in [0.05, 0.1) is 5.54 Å². The first-order chi connectivity index (χ1) is 6.38. The molecule has 0 aromatic rings. The fourth-order valence-electron chi connectivity index (χ4n) is 1.28. The van der Waals surface area contributed by atoms with Crippen LogP contribution in [-0.4, -0.2) is 45.2 Å².